The van der Waals surface area contributed by atoms with Gasteiger partial charge in [-0.3, -0.25) is 10.1 Å². The highest BCUT2D eigenvalue weighted by atomic mass is 19.1. The van der Waals surface area contributed by atoms with Crippen LogP contribution in [-0.2, 0) is 0 Å². The molecule has 0 aliphatic rings. The summed E-state index contributed by atoms with van der Waals surface area (Å²) in [5.41, 5.74) is 6.54. The summed E-state index contributed by atoms with van der Waals surface area (Å²) in [6, 6.07) is 3.49. The zero-order valence-corrected chi connectivity index (χ0v) is 11.8. The van der Waals surface area contributed by atoms with Crippen LogP contribution >= 0.6 is 0 Å². The number of rotatable bonds is 5. The number of H-pyrrole nitrogens is 1. The van der Waals surface area contributed by atoms with E-state index in [2.05, 4.69) is 23.8 Å². The fourth-order valence-electron chi connectivity index (χ4n) is 2.11. The first-order valence-electron chi connectivity index (χ1n) is 6.63. The van der Waals surface area contributed by atoms with Crippen LogP contribution in [0.5, 0.6) is 0 Å². The topological polar surface area (TPSA) is 97.8 Å². The third-order valence-corrected chi connectivity index (χ3v) is 3.13. The van der Waals surface area contributed by atoms with Crippen molar-refractivity contribution in [2.45, 2.75) is 26.3 Å². The van der Waals surface area contributed by atoms with E-state index < -0.39 is 16.4 Å². The Morgan fingerprint density at radius 2 is 2.19 bits per heavy atom. The number of nitrogens with zero attached hydrogens (tertiary/aromatic N) is 2. The number of hydrogen-bond donors (Lipinski definition) is 2. The summed E-state index contributed by atoms with van der Waals surface area (Å²) in [4.78, 5) is 17.2. The van der Waals surface area contributed by atoms with Gasteiger partial charge in [-0.15, -0.1) is 0 Å². The van der Waals surface area contributed by atoms with Gasteiger partial charge in [0.15, 0.2) is 0 Å². The molecule has 2 aromatic rings. The minimum absolute atomic E-state index is 0.228. The molecule has 1 heterocycles. The second-order valence-electron chi connectivity index (χ2n) is 5.34. The summed E-state index contributed by atoms with van der Waals surface area (Å²) in [6.45, 7) is 4.13. The Kier molecular flexibility index (Phi) is 4.32. The van der Waals surface area contributed by atoms with Crippen molar-refractivity contribution >= 4 is 5.69 Å². The monoisotopic (exact) mass is 292 g/mol. The molecule has 0 aliphatic carbocycles. The van der Waals surface area contributed by atoms with E-state index in [1.165, 1.54) is 12.1 Å². The van der Waals surface area contributed by atoms with Crippen molar-refractivity contribution in [2.24, 2.45) is 11.7 Å². The molecular formula is C14H17FN4O2. The maximum atomic E-state index is 13.3. The minimum atomic E-state index is -0.861. The van der Waals surface area contributed by atoms with E-state index in [0.717, 1.165) is 12.5 Å². The smallest absolute Gasteiger partial charge is 0.305 e. The van der Waals surface area contributed by atoms with Crippen LogP contribution in [0.25, 0.3) is 11.3 Å². The Bertz CT molecular complexity index is 654. The van der Waals surface area contributed by atoms with E-state index in [0.29, 0.717) is 23.0 Å². The predicted molar refractivity (Wildman–Crippen MR) is 77.0 cm³/mol. The van der Waals surface area contributed by atoms with Crippen molar-refractivity contribution in [2.75, 3.05) is 0 Å². The lowest BCUT2D eigenvalue weighted by molar-refractivity contribution is -0.387. The Morgan fingerprint density at radius 3 is 2.81 bits per heavy atom. The second-order valence-corrected chi connectivity index (χ2v) is 5.34. The molecule has 0 radical (unpaired) electrons. The Hall–Kier alpha value is -2.28. The fourth-order valence-corrected chi connectivity index (χ4v) is 2.11. The first kappa shape index (κ1) is 15.1. The third-order valence-electron chi connectivity index (χ3n) is 3.13. The number of nitrogens with one attached hydrogen (secondary N) is 1. The number of benzene rings is 1. The van der Waals surface area contributed by atoms with Gasteiger partial charge in [0.1, 0.15) is 5.82 Å². The standard InChI is InChI=1S/C14H17FN4O2/c1-8(2)5-11(16)14-17-7-12(18-14)9-3-4-10(15)13(6-9)19(20)21/h3-4,6-8,11H,5,16H2,1-2H3,(H,17,18). The van der Waals surface area contributed by atoms with Gasteiger partial charge in [-0.05, 0) is 24.5 Å². The Morgan fingerprint density at radius 1 is 1.48 bits per heavy atom. The van der Waals surface area contributed by atoms with Crippen LogP contribution in [0.1, 0.15) is 32.1 Å². The predicted octanol–water partition coefficient (Wildman–Crippen LogP) is 3.17. The van der Waals surface area contributed by atoms with Gasteiger partial charge >= 0.3 is 5.69 Å². The van der Waals surface area contributed by atoms with Crippen molar-refractivity contribution in [1.82, 2.24) is 9.97 Å². The highest BCUT2D eigenvalue weighted by Crippen LogP contribution is 2.26. The number of imidazole rings is 1. The lowest BCUT2D eigenvalue weighted by Gasteiger charge is -2.10. The number of aromatic amines is 1. The maximum absolute atomic E-state index is 13.3. The molecule has 0 bridgehead atoms. The van der Waals surface area contributed by atoms with Crippen LogP contribution in [0.2, 0.25) is 0 Å². The largest absolute Gasteiger partial charge is 0.341 e. The number of hydrogen-bond acceptors (Lipinski definition) is 4. The van der Waals surface area contributed by atoms with Gasteiger partial charge in [0.05, 0.1) is 22.9 Å². The lowest BCUT2D eigenvalue weighted by atomic mass is 10.0. The molecule has 0 saturated carbocycles. The third kappa shape index (κ3) is 3.43. The summed E-state index contributed by atoms with van der Waals surface area (Å²) in [5.74, 6) is 0.186. The summed E-state index contributed by atoms with van der Waals surface area (Å²) < 4.78 is 13.3. The van der Waals surface area contributed by atoms with Gasteiger partial charge in [0, 0.05) is 11.6 Å². The average molecular weight is 292 g/mol. The highest BCUT2D eigenvalue weighted by molar-refractivity contribution is 5.62. The number of halogens is 1. The van der Waals surface area contributed by atoms with E-state index in [4.69, 9.17) is 5.73 Å². The zero-order chi connectivity index (χ0) is 15.6. The normalized spacial score (nSPS) is 12.6. The van der Waals surface area contributed by atoms with Crippen LogP contribution in [0.3, 0.4) is 0 Å². The van der Waals surface area contributed by atoms with E-state index in [1.54, 1.807) is 6.20 Å². The molecule has 0 fully saturated rings. The molecule has 0 amide bonds. The Balaban J connectivity index is 2.29. The number of aromatic nitrogens is 2. The molecule has 3 N–H and O–H groups in total. The van der Waals surface area contributed by atoms with Crippen LogP contribution in [0, 0.1) is 21.8 Å². The molecule has 0 aliphatic heterocycles. The average Bonchev–Trinajstić information content (AvgIpc) is 2.87. The quantitative estimate of drug-likeness (QED) is 0.653. The first-order chi connectivity index (χ1) is 9.88. The van der Waals surface area contributed by atoms with Crippen molar-refractivity contribution in [3.8, 4) is 11.3 Å². The molecule has 1 aromatic carbocycles. The number of nitro groups is 1. The highest BCUT2D eigenvalue weighted by Gasteiger charge is 2.17. The Labute approximate surface area is 121 Å². The van der Waals surface area contributed by atoms with E-state index >= 15 is 0 Å². The summed E-state index contributed by atoms with van der Waals surface area (Å²) >= 11 is 0. The first-order valence-corrected chi connectivity index (χ1v) is 6.63. The van der Waals surface area contributed by atoms with Gasteiger partial charge in [0.25, 0.3) is 0 Å². The molecule has 0 saturated heterocycles. The van der Waals surface area contributed by atoms with Crippen molar-refractivity contribution in [3.63, 3.8) is 0 Å². The number of nitro benzene ring substituents is 1. The summed E-state index contributed by atoms with van der Waals surface area (Å²) in [5, 5.41) is 10.8. The molecule has 1 aromatic heterocycles. The van der Waals surface area contributed by atoms with Crippen molar-refractivity contribution in [1.29, 1.82) is 0 Å². The number of nitrogens with two attached hydrogens (primary N) is 1. The molecule has 1 unspecified atom stereocenters. The van der Waals surface area contributed by atoms with Crippen molar-refractivity contribution in [3.05, 3.63) is 46.2 Å². The van der Waals surface area contributed by atoms with E-state index in [-0.39, 0.29) is 6.04 Å². The van der Waals surface area contributed by atoms with Crippen LogP contribution in [0.4, 0.5) is 10.1 Å². The van der Waals surface area contributed by atoms with E-state index in [1.807, 2.05) is 0 Å². The van der Waals surface area contributed by atoms with Crippen LogP contribution in [0.15, 0.2) is 24.4 Å². The van der Waals surface area contributed by atoms with Gasteiger partial charge < -0.3 is 10.7 Å². The van der Waals surface area contributed by atoms with Gasteiger partial charge in [-0.1, -0.05) is 13.8 Å². The zero-order valence-electron chi connectivity index (χ0n) is 11.8. The lowest BCUT2D eigenvalue weighted by Crippen LogP contribution is -2.14. The molecule has 7 heteroatoms. The van der Waals surface area contributed by atoms with E-state index in [9.17, 15) is 14.5 Å². The molecule has 6 nitrogen and oxygen atoms in total. The SMILES string of the molecule is CC(C)CC(N)c1ncc(-c2ccc(F)c([N+](=O)[O-])c2)[nH]1. The van der Waals surface area contributed by atoms with Crippen molar-refractivity contribution < 1.29 is 9.31 Å². The van der Waals surface area contributed by atoms with Gasteiger partial charge in [0.2, 0.25) is 5.82 Å². The maximum Gasteiger partial charge on any atom is 0.305 e. The van der Waals surface area contributed by atoms with Gasteiger partial charge in [-0.25, -0.2) is 4.98 Å². The molecule has 1 atom stereocenters. The van der Waals surface area contributed by atoms with Gasteiger partial charge in [-0.2, -0.15) is 4.39 Å². The molecular weight excluding hydrogens is 275 g/mol. The fraction of sp³-hybridized carbons (Fsp3) is 0.357. The van der Waals surface area contributed by atoms with Crippen LogP contribution < -0.4 is 5.73 Å². The molecule has 2 rings (SSSR count). The molecule has 21 heavy (non-hydrogen) atoms. The minimum Gasteiger partial charge on any atom is -0.341 e. The summed E-state index contributed by atoms with van der Waals surface area (Å²) in [7, 11) is 0. The summed E-state index contributed by atoms with van der Waals surface area (Å²) in [6.07, 6.45) is 2.32. The molecule has 112 valence electrons. The molecule has 0 spiro atoms. The van der Waals surface area contributed by atoms with Crippen LogP contribution in [-0.4, -0.2) is 14.9 Å². The second kappa shape index (κ2) is 6.01.